The van der Waals surface area contributed by atoms with Gasteiger partial charge in [-0.25, -0.2) is 0 Å². The summed E-state index contributed by atoms with van der Waals surface area (Å²) in [4.78, 5) is 0. The van der Waals surface area contributed by atoms with Crippen LogP contribution in [0.15, 0.2) is 0 Å². The van der Waals surface area contributed by atoms with E-state index in [1.54, 1.807) is 0 Å². The Balaban J connectivity index is 2.54. The van der Waals surface area contributed by atoms with Crippen LogP contribution in [0, 0.1) is 11.8 Å². The molecule has 1 N–H and O–H groups in total. The van der Waals surface area contributed by atoms with E-state index in [4.69, 9.17) is 4.74 Å². The molecule has 0 aromatic carbocycles. The van der Waals surface area contributed by atoms with Gasteiger partial charge in [0.05, 0.1) is 6.10 Å². The van der Waals surface area contributed by atoms with Crippen LogP contribution in [0.2, 0.25) is 0 Å². The van der Waals surface area contributed by atoms with Crippen molar-refractivity contribution in [2.24, 2.45) is 11.8 Å². The van der Waals surface area contributed by atoms with Crippen LogP contribution in [-0.2, 0) is 4.74 Å². The zero-order valence-corrected chi connectivity index (χ0v) is 9.34. The van der Waals surface area contributed by atoms with Crippen LogP contribution in [0.1, 0.15) is 33.6 Å². The lowest BCUT2D eigenvalue weighted by atomic mass is 9.84. The highest BCUT2D eigenvalue weighted by atomic mass is 16.5. The summed E-state index contributed by atoms with van der Waals surface area (Å²) in [5.74, 6) is 1.46. The summed E-state index contributed by atoms with van der Waals surface area (Å²) in [6.45, 7) is 7.73. The first-order chi connectivity index (χ1) is 6.20. The van der Waals surface area contributed by atoms with Crippen molar-refractivity contribution in [3.05, 3.63) is 0 Å². The zero-order chi connectivity index (χ0) is 9.84. The van der Waals surface area contributed by atoms with Crippen molar-refractivity contribution in [2.75, 3.05) is 13.7 Å². The van der Waals surface area contributed by atoms with Crippen LogP contribution in [0.4, 0.5) is 0 Å². The SMILES string of the molecule is CCC(C)C(NC)C1CCOC1C. The molecule has 78 valence electrons. The maximum atomic E-state index is 5.60. The second-order valence-electron chi connectivity index (χ2n) is 4.23. The van der Waals surface area contributed by atoms with Crippen molar-refractivity contribution >= 4 is 0 Å². The van der Waals surface area contributed by atoms with E-state index >= 15 is 0 Å². The van der Waals surface area contributed by atoms with Crippen LogP contribution in [0.25, 0.3) is 0 Å². The van der Waals surface area contributed by atoms with E-state index in [-0.39, 0.29) is 0 Å². The van der Waals surface area contributed by atoms with Gasteiger partial charge >= 0.3 is 0 Å². The highest BCUT2D eigenvalue weighted by Crippen LogP contribution is 2.28. The monoisotopic (exact) mass is 185 g/mol. The lowest BCUT2D eigenvalue weighted by Crippen LogP contribution is -2.41. The molecule has 0 saturated carbocycles. The molecule has 0 radical (unpaired) electrons. The molecule has 2 heteroatoms. The van der Waals surface area contributed by atoms with E-state index in [2.05, 4.69) is 33.1 Å². The summed E-state index contributed by atoms with van der Waals surface area (Å²) in [6.07, 6.45) is 2.90. The number of nitrogens with one attached hydrogen (secondary N) is 1. The lowest BCUT2D eigenvalue weighted by molar-refractivity contribution is 0.0887. The molecule has 1 saturated heterocycles. The molecule has 1 rings (SSSR count). The van der Waals surface area contributed by atoms with Crippen molar-refractivity contribution in [3.8, 4) is 0 Å². The Labute approximate surface area is 82.0 Å². The zero-order valence-electron chi connectivity index (χ0n) is 9.34. The Morgan fingerprint density at radius 1 is 1.54 bits per heavy atom. The van der Waals surface area contributed by atoms with Gasteiger partial charge in [0.2, 0.25) is 0 Å². The van der Waals surface area contributed by atoms with Crippen LogP contribution < -0.4 is 5.32 Å². The van der Waals surface area contributed by atoms with E-state index in [1.165, 1.54) is 12.8 Å². The molecular formula is C11H23NO. The first kappa shape index (κ1) is 11.0. The molecule has 0 aromatic rings. The summed E-state index contributed by atoms with van der Waals surface area (Å²) >= 11 is 0. The third-order valence-electron chi connectivity index (χ3n) is 3.49. The Hall–Kier alpha value is -0.0800. The van der Waals surface area contributed by atoms with E-state index in [1.807, 2.05) is 0 Å². The highest BCUT2D eigenvalue weighted by Gasteiger charge is 2.33. The van der Waals surface area contributed by atoms with Gasteiger partial charge < -0.3 is 10.1 Å². The van der Waals surface area contributed by atoms with E-state index in [0.29, 0.717) is 18.1 Å². The van der Waals surface area contributed by atoms with Gasteiger partial charge in [0.25, 0.3) is 0 Å². The Morgan fingerprint density at radius 3 is 2.62 bits per heavy atom. The van der Waals surface area contributed by atoms with Crippen molar-refractivity contribution in [1.82, 2.24) is 5.32 Å². The van der Waals surface area contributed by atoms with Crippen molar-refractivity contribution in [3.63, 3.8) is 0 Å². The first-order valence-electron chi connectivity index (χ1n) is 5.49. The molecule has 0 spiro atoms. The summed E-state index contributed by atoms with van der Waals surface area (Å²) in [5, 5.41) is 3.45. The molecule has 4 atom stereocenters. The summed E-state index contributed by atoms with van der Waals surface area (Å²) in [7, 11) is 2.07. The Morgan fingerprint density at radius 2 is 2.23 bits per heavy atom. The normalized spacial score (nSPS) is 33.2. The summed E-state index contributed by atoms with van der Waals surface area (Å²) < 4.78 is 5.60. The second kappa shape index (κ2) is 4.97. The first-order valence-corrected chi connectivity index (χ1v) is 5.49. The minimum absolute atomic E-state index is 0.437. The third-order valence-corrected chi connectivity index (χ3v) is 3.49. The van der Waals surface area contributed by atoms with E-state index in [0.717, 1.165) is 12.5 Å². The van der Waals surface area contributed by atoms with Crippen molar-refractivity contribution in [2.45, 2.75) is 45.8 Å². The Kier molecular flexibility index (Phi) is 4.20. The average Bonchev–Trinajstić information content (AvgIpc) is 2.53. The molecule has 2 nitrogen and oxygen atoms in total. The molecule has 13 heavy (non-hydrogen) atoms. The number of rotatable bonds is 4. The topological polar surface area (TPSA) is 21.3 Å². The predicted octanol–water partition coefficient (Wildman–Crippen LogP) is 2.05. The summed E-state index contributed by atoms with van der Waals surface area (Å²) in [6, 6.07) is 0.627. The van der Waals surface area contributed by atoms with Crippen LogP contribution >= 0.6 is 0 Å². The van der Waals surface area contributed by atoms with E-state index in [9.17, 15) is 0 Å². The fraction of sp³-hybridized carbons (Fsp3) is 1.00. The maximum Gasteiger partial charge on any atom is 0.0590 e. The van der Waals surface area contributed by atoms with Gasteiger partial charge in [0.15, 0.2) is 0 Å². The van der Waals surface area contributed by atoms with Gasteiger partial charge in [-0.05, 0) is 26.3 Å². The van der Waals surface area contributed by atoms with Crippen LogP contribution in [0.3, 0.4) is 0 Å². The average molecular weight is 185 g/mol. The molecule has 0 amide bonds. The minimum atomic E-state index is 0.437. The molecule has 1 aliphatic heterocycles. The molecule has 1 fully saturated rings. The minimum Gasteiger partial charge on any atom is -0.378 e. The Bertz CT molecular complexity index is 149. The number of hydrogen-bond donors (Lipinski definition) is 1. The molecule has 0 bridgehead atoms. The standard InChI is InChI=1S/C11H23NO/c1-5-8(2)11(12-4)10-6-7-13-9(10)3/h8-12H,5-7H2,1-4H3. The van der Waals surface area contributed by atoms with Gasteiger partial charge in [-0.1, -0.05) is 20.3 Å². The molecule has 1 heterocycles. The largest absolute Gasteiger partial charge is 0.378 e. The van der Waals surface area contributed by atoms with Gasteiger partial charge in [-0.2, -0.15) is 0 Å². The quantitative estimate of drug-likeness (QED) is 0.723. The molecule has 0 aromatic heterocycles. The third kappa shape index (κ3) is 2.44. The fourth-order valence-electron chi connectivity index (χ4n) is 2.39. The molecule has 1 aliphatic rings. The second-order valence-corrected chi connectivity index (χ2v) is 4.23. The van der Waals surface area contributed by atoms with Gasteiger partial charge in [0.1, 0.15) is 0 Å². The predicted molar refractivity (Wildman–Crippen MR) is 55.8 cm³/mol. The van der Waals surface area contributed by atoms with Gasteiger partial charge in [0, 0.05) is 18.6 Å². The van der Waals surface area contributed by atoms with Crippen molar-refractivity contribution in [1.29, 1.82) is 0 Å². The van der Waals surface area contributed by atoms with Crippen LogP contribution in [0.5, 0.6) is 0 Å². The molecular weight excluding hydrogens is 162 g/mol. The van der Waals surface area contributed by atoms with E-state index < -0.39 is 0 Å². The van der Waals surface area contributed by atoms with Gasteiger partial charge in [-0.15, -0.1) is 0 Å². The number of hydrogen-bond acceptors (Lipinski definition) is 2. The molecule has 0 aliphatic carbocycles. The highest BCUT2D eigenvalue weighted by molar-refractivity contribution is 4.86. The molecule has 4 unspecified atom stereocenters. The fourth-order valence-corrected chi connectivity index (χ4v) is 2.39. The number of ether oxygens (including phenoxy) is 1. The van der Waals surface area contributed by atoms with Gasteiger partial charge in [-0.3, -0.25) is 0 Å². The smallest absolute Gasteiger partial charge is 0.0590 e. The van der Waals surface area contributed by atoms with Crippen molar-refractivity contribution < 1.29 is 4.74 Å². The lowest BCUT2D eigenvalue weighted by Gasteiger charge is -2.30. The summed E-state index contributed by atoms with van der Waals surface area (Å²) in [5.41, 5.74) is 0. The maximum absolute atomic E-state index is 5.60. The van der Waals surface area contributed by atoms with Crippen LogP contribution in [-0.4, -0.2) is 25.8 Å².